The van der Waals surface area contributed by atoms with Gasteiger partial charge in [-0.3, -0.25) is 4.79 Å². The molecule has 0 aliphatic rings. The second-order valence-electron chi connectivity index (χ2n) is 5.64. The van der Waals surface area contributed by atoms with E-state index in [0.717, 1.165) is 12.0 Å². The van der Waals surface area contributed by atoms with Crippen molar-refractivity contribution in [3.8, 4) is 0 Å². The van der Waals surface area contributed by atoms with Gasteiger partial charge in [0.1, 0.15) is 0 Å². The average molecular weight is 309 g/mol. The SMILES string of the molecule is CC(C)Cc1ccc([C@H](C)C(=O)OCCCO[N+](=O)[O-])cc1. The predicted octanol–water partition coefficient (Wildman–Crippen LogP) is 3.13. The quantitative estimate of drug-likeness (QED) is 0.303. The smallest absolute Gasteiger partial charge is 0.313 e. The predicted molar refractivity (Wildman–Crippen MR) is 81.9 cm³/mol. The molecule has 0 saturated heterocycles. The lowest BCUT2D eigenvalue weighted by Gasteiger charge is -2.13. The lowest BCUT2D eigenvalue weighted by molar-refractivity contribution is -0.757. The number of nitrogens with zero attached hydrogens (tertiary/aromatic N) is 1. The molecule has 1 aromatic rings. The Bertz CT molecular complexity index is 484. The highest BCUT2D eigenvalue weighted by Crippen LogP contribution is 2.19. The molecule has 0 spiro atoms. The Balaban J connectivity index is 2.40. The molecule has 0 unspecified atom stereocenters. The number of hydrogen-bond donors (Lipinski definition) is 0. The number of carbonyl (C=O) groups excluding carboxylic acids is 1. The number of ether oxygens (including phenoxy) is 1. The third-order valence-corrected chi connectivity index (χ3v) is 3.21. The maximum Gasteiger partial charge on any atom is 0.313 e. The van der Waals surface area contributed by atoms with Crippen molar-refractivity contribution in [2.24, 2.45) is 5.92 Å². The van der Waals surface area contributed by atoms with Crippen molar-refractivity contribution in [3.63, 3.8) is 0 Å². The summed E-state index contributed by atoms with van der Waals surface area (Å²) in [7, 11) is 0. The molecule has 122 valence electrons. The van der Waals surface area contributed by atoms with E-state index in [2.05, 4.69) is 18.7 Å². The van der Waals surface area contributed by atoms with Gasteiger partial charge in [0, 0.05) is 6.42 Å². The van der Waals surface area contributed by atoms with Gasteiger partial charge in [-0.2, -0.15) is 0 Å². The summed E-state index contributed by atoms with van der Waals surface area (Å²) < 4.78 is 5.09. The molecule has 0 aliphatic heterocycles. The fourth-order valence-electron chi connectivity index (χ4n) is 2.05. The van der Waals surface area contributed by atoms with Gasteiger partial charge in [-0.05, 0) is 30.4 Å². The highest BCUT2D eigenvalue weighted by Gasteiger charge is 2.16. The Morgan fingerprint density at radius 1 is 1.18 bits per heavy atom. The maximum atomic E-state index is 11.9. The fourth-order valence-corrected chi connectivity index (χ4v) is 2.05. The van der Waals surface area contributed by atoms with Crippen LogP contribution in [0.15, 0.2) is 24.3 Å². The maximum absolute atomic E-state index is 11.9. The molecule has 1 aromatic carbocycles. The van der Waals surface area contributed by atoms with Crippen LogP contribution in [0.3, 0.4) is 0 Å². The third-order valence-electron chi connectivity index (χ3n) is 3.21. The van der Waals surface area contributed by atoms with Crippen molar-refractivity contribution in [2.75, 3.05) is 13.2 Å². The first-order chi connectivity index (χ1) is 10.4. The van der Waals surface area contributed by atoms with Crippen LogP contribution in [0.4, 0.5) is 0 Å². The molecule has 0 aromatic heterocycles. The van der Waals surface area contributed by atoms with Gasteiger partial charge in [-0.15, -0.1) is 10.1 Å². The van der Waals surface area contributed by atoms with E-state index in [9.17, 15) is 14.9 Å². The van der Waals surface area contributed by atoms with Crippen LogP contribution >= 0.6 is 0 Å². The standard InChI is InChI=1S/C16H23NO5/c1-12(2)11-14-5-7-15(8-6-14)13(3)16(18)21-9-4-10-22-17(19)20/h5-8,12-13H,4,9-11H2,1-3H3/t13-/m0/s1. The number of carbonyl (C=O) groups is 1. The van der Waals surface area contributed by atoms with E-state index < -0.39 is 5.09 Å². The Hall–Kier alpha value is -2.11. The monoisotopic (exact) mass is 309 g/mol. The molecule has 0 bridgehead atoms. The van der Waals surface area contributed by atoms with E-state index >= 15 is 0 Å². The Kier molecular flexibility index (Phi) is 7.36. The first-order valence-corrected chi connectivity index (χ1v) is 7.43. The van der Waals surface area contributed by atoms with Gasteiger partial charge in [0.15, 0.2) is 0 Å². The molecule has 0 radical (unpaired) electrons. The van der Waals surface area contributed by atoms with Gasteiger partial charge in [0.05, 0.1) is 19.1 Å². The van der Waals surface area contributed by atoms with Crippen LogP contribution in [-0.2, 0) is 20.8 Å². The molecule has 0 amide bonds. The Labute approximate surface area is 130 Å². The van der Waals surface area contributed by atoms with Crippen molar-refractivity contribution in [1.29, 1.82) is 0 Å². The lowest BCUT2D eigenvalue weighted by Crippen LogP contribution is -2.15. The van der Waals surface area contributed by atoms with Crippen LogP contribution in [0, 0.1) is 16.0 Å². The zero-order valence-electron chi connectivity index (χ0n) is 13.3. The molecular formula is C16H23NO5. The van der Waals surface area contributed by atoms with Crippen molar-refractivity contribution in [2.45, 2.75) is 39.5 Å². The van der Waals surface area contributed by atoms with E-state index in [-0.39, 0.29) is 25.1 Å². The van der Waals surface area contributed by atoms with Crippen molar-refractivity contribution < 1.29 is 19.5 Å². The minimum atomic E-state index is -0.858. The normalized spacial score (nSPS) is 12.0. The summed E-state index contributed by atoms with van der Waals surface area (Å²) in [4.78, 5) is 26.0. The number of rotatable bonds is 9. The number of hydrogen-bond acceptors (Lipinski definition) is 5. The van der Waals surface area contributed by atoms with E-state index in [1.165, 1.54) is 5.56 Å². The average Bonchev–Trinajstić information content (AvgIpc) is 2.45. The second-order valence-corrected chi connectivity index (χ2v) is 5.64. The van der Waals surface area contributed by atoms with Gasteiger partial charge in [-0.25, -0.2) is 0 Å². The van der Waals surface area contributed by atoms with Gasteiger partial charge in [-0.1, -0.05) is 38.1 Å². The van der Waals surface area contributed by atoms with Crippen molar-refractivity contribution in [3.05, 3.63) is 45.5 Å². The lowest BCUT2D eigenvalue weighted by atomic mass is 9.97. The molecule has 0 fully saturated rings. The molecule has 1 rings (SSSR count). The van der Waals surface area contributed by atoms with E-state index in [1.807, 2.05) is 24.3 Å². The second kappa shape index (κ2) is 9.02. The molecule has 1 atom stereocenters. The first-order valence-electron chi connectivity index (χ1n) is 7.43. The summed E-state index contributed by atoms with van der Waals surface area (Å²) in [5.41, 5.74) is 2.15. The highest BCUT2D eigenvalue weighted by atomic mass is 16.9. The number of esters is 1. The van der Waals surface area contributed by atoms with Gasteiger partial charge < -0.3 is 9.57 Å². The summed E-state index contributed by atoms with van der Waals surface area (Å²) in [6.45, 7) is 6.15. The third kappa shape index (κ3) is 6.56. The molecule has 0 heterocycles. The van der Waals surface area contributed by atoms with E-state index in [0.29, 0.717) is 12.3 Å². The summed E-state index contributed by atoms with van der Waals surface area (Å²) in [5, 5.41) is 9.10. The minimum absolute atomic E-state index is 0.0709. The van der Waals surface area contributed by atoms with Crippen LogP contribution in [0.5, 0.6) is 0 Å². The van der Waals surface area contributed by atoms with Crippen molar-refractivity contribution >= 4 is 5.97 Å². The largest absolute Gasteiger partial charge is 0.465 e. The van der Waals surface area contributed by atoms with E-state index in [1.54, 1.807) is 6.92 Å². The van der Waals surface area contributed by atoms with Crippen LogP contribution in [-0.4, -0.2) is 24.3 Å². The summed E-state index contributed by atoms with van der Waals surface area (Å²) in [6, 6.07) is 7.95. The van der Waals surface area contributed by atoms with Crippen LogP contribution in [0.25, 0.3) is 0 Å². The minimum Gasteiger partial charge on any atom is -0.465 e. The topological polar surface area (TPSA) is 78.7 Å². The van der Waals surface area contributed by atoms with E-state index in [4.69, 9.17) is 4.74 Å². The Morgan fingerprint density at radius 3 is 2.36 bits per heavy atom. The summed E-state index contributed by atoms with van der Waals surface area (Å²) >= 11 is 0. The van der Waals surface area contributed by atoms with Gasteiger partial charge in [0.25, 0.3) is 5.09 Å². The molecule has 6 nitrogen and oxygen atoms in total. The molecule has 0 N–H and O–H groups in total. The van der Waals surface area contributed by atoms with Gasteiger partial charge >= 0.3 is 5.97 Å². The Morgan fingerprint density at radius 2 is 1.82 bits per heavy atom. The molecule has 0 aliphatic carbocycles. The molecule has 6 heteroatoms. The molecular weight excluding hydrogens is 286 g/mol. The highest BCUT2D eigenvalue weighted by molar-refractivity contribution is 5.77. The first kappa shape index (κ1) is 17.9. The molecule has 22 heavy (non-hydrogen) atoms. The fraction of sp³-hybridized carbons (Fsp3) is 0.562. The molecule has 0 saturated carbocycles. The van der Waals surface area contributed by atoms with Crippen LogP contribution < -0.4 is 0 Å². The zero-order valence-corrected chi connectivity index (χ0v) is 13.3. The van der Waals surface area contributed by atoms with Crippen LogP contribution in [0.1, 0.15) is 44.2 Å². The van der Waals surface area contributed by atoms with Crippen molar-refractivity contribution in [1.82, 2.24) is 0 Å². The summed E-state index contributed by atoms with van der Waals surface area (Å²) in [6.07, 6.45) is 1.31. The number of benzene rings is 1. The van der Waals surface area contributed by atoms with Crippen LogP contribution in [0.2, 0.25) is 0 Å². The zero-order chi connectivity index (χ0) is 16.5. The van der Waals surface area contributed by atoms with Gasteiger partial charge in [0.2, 0.25) is 0 Å². The summed E-state index contributed by atoms with van der Waals surface area (Å²) in [5.74, 6) is -0.100.